The lowest BCUT2D eigenvalue weighted by molar-refractivity contribution is 0.310. The number of imidazole rings is 1. The molecule has 1 rings (SSSR count). The van der Waals surface area contributed by atoms with Crippen molar-refractivity contribution in [2.75, 3.05) is 7.11 Å². The summed E-state index contributed by atoms with van der Waals surface area (Å²) in [5.74, 6) is 1.00. The van der Waals surface area contributed by atoms with Crippen molar-refractivity contribution in [1.29, 1.82) is 0 Å². The molecule has 13 heavy (non-hydrogen) atoms. The summed E-state index contributed by atoms with van der Waals surface area (Å²) < 4.78 is 3.93. The Morgan fingerprint density at radius 1 is 1.62 bits per heavy atom. The van der Waals surface area contributed by atoms with E-state index in [0.29, 0.717) is 0 Å². The number of aromatic amines is 1. The van der Waals surface area contributed by atoms with Crippen molar-refractivity contribution in [1.82, 2.24) is 9.97 Å². The number of hydrogen-bond donors (Lipinski definition) is 3. The first-order valence-corrected chi connectivity index (χ1v) is 4.99. The molecule has 0 fully saturated rings. The minimum absolute atomic E-state index is 1.00. The summed E-state index contributed by atoms with van der Waals surface area (Å²) in [5.41, 5.74) is 1.14. The molecule has 6 heteroatoms. The first-order valence-electron chi connectivity index (χ1n) is 3.83. The Hall–Kier alpha value is -0.480. The molecule has 1 heterocycles. The Morgan fingerprint density at radius 2 is 2.15 bits per heavy atom. The maximum Gasteiger partial charge on any atom is 0.326 e. The van der Waals surface area contributed by atoms with E-state index in [1.54, 1.807) is 0 Å². The Balaban J connectivity index is 0.000000252. The van der Waals surface area contributed by atoms with Crippen LogP contribution in [0, 0.1) is 6.92 Å². The van der Waals surface area contributed by atoms with Gasteiger partial charge in [-0.1, -0.05) is 6.92 Å². The van der Waals surface area contributed by atoms with E-state index in [1.807, 2.05) is 13.1 Å². The number of nitrogens with one attached hydrogen (secondary N) is 1. The molecule has 1 aromatic rings. The lowest BCUT2D eigenvalue weighted by Crippen LogP contribution is -1.76. The summed E-state index contributed by atoms with van der Waals surface area (Å²) in [6.45, 7) is 4.05. The molecule has 0 aliphatic rings. The smallest absolute Gasteiger partial charge is 0.326 e. The maximum absolute atomic E-state index is 7.76. The molecule has 0 unspecified atom stereocenters. The fourth-order valence-electron chi connectivity index (χ4n) is 0.649. The number of nitrogens with zero attached hydrogens (tertiary/aromatic N) is 1. The van der Waals surface area contributed by atoms with Crippen molar-refractivity contribution in [3.63, 3.8) is 0 Å². The summed E-state index contributed by atoms with van der Waals surface area (Å²) in [7, 11) is -0.870. The number of aromatic nitrogens is 2. The van der Waals surface area contributed by atoms with Gasteiger partial charge in [0, 0.05) is 13.3 Å². The lowest BCUT2D eigenvalue weighted by Gasteiger charge is -1.89. The minimum atomic E-state index is -2.10. The van der Waals surface area contributed by atoms with Crippen molar-refractivity contribution in [3.8, 4) is 0 Å². The van der Waals surface area contributed by atoms with Crippen molar-refractivity contribution in [3.05, 3.63) is 17.7 Å². The molecular weight excluding hydrogens is 191 g/mol. The molecule has 0 aliphatic carbocycles. The molecule has 0 radical (unpaired) electrons. The molecule has 0 saturated heterocycles. The molecule has 0 amide bonds. The molecule has 0 atom stereocenters. The normalized spacial score (nSPS) is 9.69. The van der Waals surface area contributed by atoms with Gasteiger partial charge in [0.15, 0.2) is 0 Å². The quantitative estimate of drug-likeness (QED) is 0.633. The fourth-order valence-corrected chi connectivity index (χ4v) is 0.649. The standard InChI is InChI=1S/C6H10N2.CH5O3P/c1-3-6-4-7-5(2)8-6;1-4-5(2)3/h4H,3H2,1-2H3,(H,7,8);2-3H,1H3. The first kappa shape index (κ1) is 12.5. The highest BCUT2D eigenvalue weighted by Gasteiger charge is 1.89. The third-order valence-corrected chi connectivity index (χ3v) is 1.61. The third kappa shape index (κ3) is 6.66. The second kappa shape index (κ2) is 6.97. The van der Waals surface area contributed by atoms with E-state index in [0.717, 1.165) is 17.9 Å². The van der Waals surface area contributed by atoms with Crippen LogP contribution in [0.25, 0.3) is 0 Å². The van der Waals surface area contributed by atoms with Crippen LogP contribution in [-0.4, -0.2) is 26.9 Å². The van der Waals surface area contributed by atoms with Gasteiger partial charge in [-0.05, 0) is 13.3 Å². The molecule has 0 aromatic carbocycles. The molecule has 0 spiro atoms. The van der Waals surface area contributed by atoms with Crippen LogP contribution in [0.1, 0.15) is 18.4 Å². The summed E-state index contributed by atoms with van der Waals surface area (Å²) in [4.78, 5) is 22.7. The Bertz CT molecular complexity index is 227. The van der Waals surface area contributed by atoms with E-state index in [4.69, 9.17) is 9.79 Å². The van der Waals surface area contributed by atoms with Crippen LogP contribution in [0.3, 0.4) is 0 Å². The van der Waals surface area contributed by atoms with Gasteiger partial charge in [-0.3, -0.25) is 0 Å². The van der Waals surface area contributed by atoms with Gasteiger partial charge in [0.25, 0.3) is 0 Å². The zero-order valence-corrected chi connectivity index (χ0v) is 8.88. The Kier molecular flexibility index (Phi) is 6.72. The lowest BCUT2D eigenvalue weighted by atomic mass is 10.4. The molecule has 3 N–H and O–H groups in total. The van der Waals surface area contributed by atoms with Gasteiger partial charge in [0.2, 0.25) is 0 Å². The average Bonchev–Trinajstić information content (AvgIpc) is 2.52. The zero-order valence-electron chi connectivity index (χ0n) is 7.98. The zero-order chi connectivity index (χ0) is 10.3. The Labute approximate surface area is 78.8 Å². The molecule has 76 valence electrons. The van der Waals surface area contributed by atoms with Gasteiger partial charge in [0.05, 0.1) is 5.69 Å². The maximum atomic E-state index is 7.76. The van der Waals surface area contributed by atoms with E-state index in [2.05, 4.69) is 21.4 Å². The van der Waals surface area contributed by atoms with Gasteiger partial charge >= 0.3 is 8.60 Å². The predicted octanol–water partition coefficient (Wildman–Crippen LogP) is 1.12. The van der Waals surface area contributed by atoms with Crippen LogP contribution in [0.5, 0.6) is 0 Å². The minimum Gasteiger partial charge on any atom is -0.349 e. The summed E-state index contributed by atoms with van der Waals surface area (Å²) in [6.07, 6.45) is 2.96. The van der Waals surface area contributed by atoms with Crippen molar-refractivity contribution in [2.45, 2.75) is 20.3 Å². The summed E-state index contributed by atoms with van der Waals surface area (Å²) in [5, 5.41) is 0. The van der Waals surface area contributed by atoms with Gasteiger partial charge in [-0.2, -0.15) is 0 Å². The highest BCUT2D eigenvalue weighted by molar-refractivity contribution is 7.39. The van der Waals surface area contributed by atoms with Gasteiger partial charge in [-0.15, -0.1) is 0 Å². The van der Waals surface area contributed by atoms with Crippen LogP contribution >= 0.6 is 8.60 Å². The van der Waals surface area contributed by atoms with Gasteiger partial charge in [-0.25, -0.2) is 4.98 Å². The molecule has 0 saturated carbocycles. The van der Waals surface area contributed by atoms with Crippen LogP contribution in [0.4, 0.5) is 0 Å². The second-order valence-corrected chi connectivity index (χ2v) is 3.14. The molecular formula is C7H15N2O3P. The van der Waals surface area contributed by atoms with Crippen LogP contribution in [-0.2, 0) is 10.9 Å². The van der Waals surface area contributed by atoms with Crippen LogP contribution < -0.4 is 0 Å². The largest absolute Gasteiger partial charge is 0.349 e. The SMILES string of the molecule is CCc1c[nH]c(C)n1.COP(O)O. The second-order valence-electron chi connectivity index (χ2n) is 2.27. The summed E-state index contributed by atoms with van der Waals surface area (Å²) in [6, 6.07) is 0. The highest BCUT2D eigenvalue weighted by atomic mass is 31.2. The number of H-pyrrole nitrogens is 1. The topological polar surface area (TPSA) is 78.4 Å². The van der Waals surface area contributed by atoms with Crippen LogP contribution in [0.15, 0.2) is 6.20 Å². The third-order valence-electron chi connectivity index (χ3n) is 1.28. The van der Waals surface area contributed by atoms with E-state index < -0.39 is 8.60 Å². The monoisotopic (exact) mass is 206 g/mol. The number of hydrogen-bond acceptors (Lipinski definition) is 4. The van der Waals surface area contributed by atoms with E-state index in [-0.39, 0.29) is 0 Å². The van der Waals surface area contributed by atoms with E-state index in [9.17, 15) is 0 Å². The molecule has 1 aromatic heterocycles. The first-order chi connectivity index (χ1) is 6.10. The molecule has 0 aliphatic heterocycles. The van der Waals surface area contributed by atoms with Gasteiger partial charge < -0.3 is 19.3 Å². The fraction of sp³-hybridized carbons (Fsp3) is 0.571. The predicted molar refractivity (Wildman–Crippen MR) is 51.1 cm³/mol. The van der Waals surface area contributed by atoms with Gasteiger partial charge in [0.1, 0.15) is 5.82 Å². The molecule has 0 bridgehead atoms. The van der Waals surface area contributed by atoms with Crippen molar-refractivity contribution in [2.24, 2.45) is 0 Å². The van der Waals surface area contributed by atoms with Crippen LogP contribution in [0.2, 0.25) is 0 Å². The van der Waals surface area contributed by atoms with Crippen molar-refractivity contribution < 1.29 is 14.3 Å². The molecule has 5 nitrogen and oxygen atoms in total. The highest BCUT2D eigenvalue weighted by Crippen LogP contribution is 2.20. The summed E-state index contributed by atoms with van der Waals surface area (Å²) >= 11 is 0. The van der Waals surface area contributed by atoms with E-state index in [1.165, 1.54) is 7.11 Å². The van der Waals surface area contributed by atoms with E-state index >= 15 is 0 Å². The Morgan fingerprint density at radius 3 is 2.31 bits per heavy atom. The average molecular weight is 206 g/mol. The van der Waals surface area contributed by atoms with Crippen molar-refractivity contribution >= 4 is 8.60 Å². The number of rotatable bonds is 2. The number of aryl methyl sites for hydroxylation is 2.